The molecule has 1 N–H and O–H groups in total. The fourth-order valence-corrected chi connectivity index (χ4v) is 4.99. The van der Waals surface area contributed by atoms with E-state index in [9.17, 15) is 0 Å². The van der Waals surface area contributed by atoms with Crippen molar-refractivity contribution in [2.24, 2.45) is 0 Å². The Kier molecular flexibility index (Phi) is 4.19. The molecular formula is C31H25N. The van der Waals surface area contributed by atoms with Gasteiger partial charge in [-0.2, -0.15) is 0 Å². The fourth-order valence-electron chi connectivity index (χ4n) is 4.99. The van der Waals surface area contributed by atoms with E-state index in [2.05, 4.69) is 122 Å². The Morgan fingerprint density at radius 3 is 1.84 bits per heavy atom. The zero-order chi connectivity index (χ0) is 21.7. The molecule has 0 aliphatic carbocycles. The summed E-state index contributed by atoms with van der Waals surface area (Å²) in [6, 6.07) is 39.5. The Bertz CT molecular complexity index is 1530. The van der Waals surface area contributed by atoms with Crippen LogP contribution in [0.1, 0.15) is 25.0 Å². The van der Waals surface area contributed by atoms with Crippen LogP contribution >= 0.6 is 0 Å². The van der Waals surface area contributed by atoms with Gasteiger partial charge in [0.15, 0.2) is 0 Å². The molecule has 0 saturated heterocycles. The van der Waals surface area contributed by atoms with E-state index in [0.717, 1.165) is 11.4 Å². The van der Waals surface area contributed by atoms with Crippen LogP contribution in [0.3, 0.4) is 0 Å². The molecule has 0 unspecified atom stereocenters. The largest absolute Gasteiger partial charge is 0.355 e. The SMILES string of the molecule is CC(C)(c1ccccc1)c1cc2ccc3ccc(Nc4ccccc4)c4ccc(c1)c2c34. The molecule has 0 heterocycles. The molecule has 0 atom stereocenters. The molecule has 6 aromatic rings. The monoisotopic (exact) mass is 411 g/mol. The quantitative estimate of drug-likeness (QED) is 0.286. The van der Waals surface area contributed by atoms with E-state index in [-0.39, 0.29) is 5.41 Å². The van der Waals surface area contributed by atoms with Gasteiger partial charge >= 0.3 is 0 Å². The Balaban J connectivity index is 1.57. The predicted octanol–water partition coefficient (Wildman–Crippen LogP) is 8.65. The van der Waals surface area contributed by atoms with Crippen molar-refractivity contribution in [1.29, 1.82) is 0 Å². The molecule has 1 nitrogen and oxygen atoms in total. The topological polar surface area (TPSA) is 12.0 Å². The van der Waals surface area contributed by atoms with Crippen LogP contribution in [-0.2, 0) is 5.41 Å². The summed E-state index contributed by atoms with van der Waals surface area (Å²) in [5, 5.41) is 11.5. The highest BCUT2D eigenvalue weighted by molar-refractivity contribution is 6.25. The summed E-state index contributed by atoms with van der Waals surface area (Å²) in [7, 11) is 0. The van der Waals surface area contributed by atoms with Gasteiger partial charge in [0, 0.05) is 22.2 Å². The van der Waals surface area contributed by atoms with Crippen molar-refractivity contribution in [3.63, 3.8) is 0 Å². The highest BCUT2D eigenvalue weighted by Gasteiger charge is 2.24. The molecule has 32 heavy (non-hydrogen) atoms. The Morgan fingerprint density at radius 1 is 0.531 bits per heavy atom. The molecule has 0 saturated carbocycles. The first kappa shape index (κ1) is 18.9. The van der Waals surface area contributed by atoms with Crippen LogP contribution in [0.2, 0.25) is 0 Å². The minimum atomic E-state index is -0.0638. The highest BCUT2D eigenvalue weighted by atomic mass is 14.9. The molecule has 0 radical (unpaired) electrons. The second-order valence-electron chi connectivity index (χ2n) is 9.17. The van der Waals surface area contributed by atoms with Crippen molar-refractivity contribution < 1.29 is 0 Å². The van der Waals surface area contributed by atoms with E-state index in [1.165, 1.54) is 43.4 Å². The van der Waals surface area contributed by atoms with E-state index in [1.54, 1.807) is 0 Å². The Hall–Kier alpha value is -3.84. The van der Waals surface area contributed by atoms with Gasteiger partial charge in [-0.05, 0) is 56.3 Å². The summed E-state index contributed by atoms with van der Waals surface area (Å²) in [5.41, 5.74) is 4.87. The lowest BCUT2D eigenvalue weighted by molar-refractivity contribution is 0.642. The summed E-state index contributed by atoms with van der Waals surface area (Å²) in [6.07, 6.45) is 0. The first-order valence-corrected chi connectivity index (χ1v) is 11.2. The second kappa shape index (κ2) is 7.10. The third-order valence-electron chi connectivity index (χ3n) is 6.87. The van der Waals surface area contributed by atoms with Crippen molar-refractivity contribution in [2.45, 2.75) is 19.3 Å². The zero-order valence-corrected chi connectivity index (χ0v) is 18.4. The molecule has 0 bridgehead atoms. The van der Waals surface area contributed by atoms with Crippen LogP contribution in [0.4, 0.5) is 11.4 Å². The van der Waals surface area contributed by atoms with Gasteiger partial charge in [0.05, 0.1) is 0 Å². The summed E-state index contributed by atoms with van der Waals surface area (Å²) in [4.78, 5) is 0. The molecule has 0 spiro atoms. The lowest BCUT2D eigenvalue weighted by Gasteiger charge is -2.27. The summed E-state index contributed by atoms with van der Waals surface area (Å²) in [5.74, 6) is 0. The zero-order valence-electron chi connectivity index (χ0n) is 18.4. The molecule has 0 amide bonds. The first-order chi connectivity index (χ1) is 15.6. The number of benzene rings is 6. The first-order valence-electron chi connectivity index (χ1n) is 11.2. The summed E-state index contributed by atoms with van der Waals surface area (Å²) < 4.78 is 0. The third-order valence-corrected chi connectivity index (χ3v) is 6.87. The minimum Gasteiger partial charge on any atom is -0.355 e. The van der Waals surface area contributed by atoms with E-state index in [1.807, 2.05) is 6.07 Å². The highest BCUT2D eigenvalue weighted by Crippen LogP contribution is 2.41. The van der Waals surface area contributed by atoms with Crippen LogP contribution in [0.25, 0.3) is 32.3 Å². The number of para-hydroxylation sites is 1. The molecule has 0 aliphatic heterocycles. The van der Waals surface area contributed by atoms with Crippen molar-refractivity contribution in [3.8, 4) is 0 Å². The van der Waals surface area contributed by atoms with E-state index >= 15 is 0 Å². The van der Waals surface area contributed by atoms with Crippen LogP contribution in [-0.4, -0.2) is 0 Å². The van der Waals surface area contributed by atoms with Gasteiger partial charge in [0.2, 0.25) is 0 Å². The molecule has 154 valence electrons. The summed E-state index contributed by atoms with van der Waals surface area (Å²) in [6.45, 7) is 4.63. The van der Waals surface area contributed by atoms with Crippen LogP contribution in [0, 0.1) is 0 Å². The molecule has 0 fully saturated rings. The number of hydrogen-bond donors (Lipinski definition) is 1. The molecule has 1 heteroatoms. The second-order valence-corrected chi connectivity index (χ2v) is 9.17. The van der Waals surface area contributed by atoms with Crippen LogP contribution in [0.15, 0.2) is 109 Å². The number of rotatable bonds is 4. The smallest absolute Gasteiger partial charge is 0.0464 e. The van der Waals surface area contributed by atoms with Gasteiger partial charge < -0.3 is 5.32 Å². The average Bonchev–Trinajstić information content (AvgIpc) is 2.84. The van der Waals surface area contributed by atoms with Crippen molar-refractivity contribution in [1.82, 2.24) is 0 Å². The average molecular weight is 412 g/mol. The van der Waals surface area contributed by atoms with Gasteiger partial charge in [-0.3, -0.25) is 0 Å². The Labute approximate surface area is 188 Å². The van der Waals surface area contributed by atoms with Crippen LogP contribution < -0.4 is 5.32 Å². The molecule has 6 rings (SSSR count). The van der Waals surface area contributed by atoms with E-state index in [0.29, 0.717) is 0 Å². The van der Waals surface area contributed by atoms with Gasteiger partial charge in [0.25, 0.3) is 0 Å². The van der Waals surface area contributed by atoms with Gasteiger partial charge in [-0.25, -0.2) is 0 Å². The number of hydrogen-bond acceptors (Lipinski definition) is 1. The van der Waals surface area contributed by atoms with Gasteiger partial charge in [-0.15, -0.1) is 0 Å². The predicted molar refractivity (Wildman–Crippen MR) is 138 cm³/mol. The minimum absolute atomic E-state index is 0.0638. The maximum absolute atomic E-state index is 3.62. The molecule has 0 aliphatic rings. The van der Waals surface area contributed by atoms with Crippen molar-refractivity contribution in [2.75, 3.05) is 5.32 Å². The lowest BCUT2D eigenvalue weighted by Crippen LogP contribution is -2.18. The normalized spacial score (nSPS) is 12.1. The van der Waals surface area contributed by atoms with Crippen molar-refractivity contribution in [3.05, 3.63) is 120 Å². The Morgan fingerprint density at radius 2 is 1.12 bits per heavy atom. The maximum atomic E-state index is 3.62. The maximum Gasteiger partial charge on any atom is 0.0464 e. The van der Waals surface area contributed by atoms with E-state index < -0.39 is 0 Å². The molecule has 0 aromatic heterocycles. The third kappa shape index (κ3) is 2.93. The standard InChI is InChI=1S/C31H25N/c1-31(2,24-9-5-3-6-10-24)25-19-22-14-13-21-16-18-28(32-26-11-7-4-8-12-26)27-17-15-23(20-25)29(22)30(21)27/h3-20,32H,1-2H3. The molecule has 6 aromatic carbocycles. The fraction of sp³-hybridized carbons (Fsp3) is 0.0968. The lowest BCUT2D eigenvalue weighted by atomic mass is 9.76. The number of nitrogens with one attached hydrogen (secondary N) is 1. The van der Waals surface area contributed by atoms with Gasteiger partial charge in [0.1, 0.15) is 0 Å². The number of anilines is 2. The molecular weight excluding hydrogens is 386 g/mol. The summed E-state index contributed by atoms with van der Waals surface area (Å²) >= 11 is 0. The van der Waals surface area contributed by atoms with Crippen LogP contribution in [0.5, 0.6) is 0 Å². The van der Waals surface area contributed by atoms with E-state index in [4.69, 9.17) is 0 Å². The van der Waals surface area contributed by atoms with Crippen molar-refractivity contribution >= 4 is 43.7 Å². The van der Waals surface area contributed by atoms with Gasteiger partial charge in [-0.1, -0.05) is 105 Å².